The lowest BCUT2D eigenvalue weighted by Crippen LogP contribution is -1.95. The zero-order chi connectivity index (χ0) is 11.9. The zero-order valence-electron chi connectivity index (χ0n) is 8.82. The van der Waals surface area contributed by atoms with Crippen LogP contribution in [-0.2, 0) is 7.05 Å². The molecular formula is C11H10BrNO3. The summed E-state index contributed by atoms with van der Waals surface area (Å²) in [6, 6.07) is 3.59. The first-order valence-corrected chi connectivity index (χ1v) is 5.40. The van der Waals surface area contributed by atoms with E-state index in [1.807, 2.05) is 6.07 Å². The Morgan fingerprint density at radius 1 is 1.50 bits per heavy atom. The maximum atomic E-state index is 11.1. The second kappa shape index (κ2) is 3.83. The van der Waals surface area contributed by atoms with Crippen LogP contribution in [0, 0.1) is 0 Å². The van der Waals surface area contributed by atoms with Crippen LogP contribution in [0.5, 0.6) is 5.75 Å². The normalized spacial score (nSPS) is 10.7. The van der Waals surface area contributed by atoms with E-state index in [0.717, 1.165) is 9.99 Å². The minimum atomic E-state index is -0.956. The van der Waals surface area contributed by atoms with Crippen LogP contribution in [0.2, 0.25) is 0 Å². The summed E-state index contributed by atoms with van der Waals surface area (Å²) in [6.07, 6.45) is 1.58. The molecule has 0 aliphatic carbocycles. The van der Waals surface area contributed by atoms with Gasteiger partial charge in [-0.25, -0.2) is 4.79 Å². The molecule has 2 aromatic rings. The molecule has 0 amide bonds. The summed E-state index contributed by atoms with van der Waals surface area (Å²) in [5, 5.41) is 9.74. The summed E-state index contributed by atoms with van der Waals surface area (Å²) in [6.45, 7) is 0. The van der Waals surface area contributed by atoms with Gasteiger partial charge in [-0.05, 0) is 28.1 Å². The molecule has 1 aromatic carbocycles. The SMILES string of the molecule is COc1ccc(Br)c2c1c(C(=O)O)cn2C. The highest BCUT2D eigenvalue weighted by Gasteiger charge is 2.18. The van der Waals surface area contributed by atoms with E-state index < -0.39 is 5.97 Å². The molecule has 5 heteroatoms. The third-order valence-electron chi connectivity index (χ3n) is 2.49. The molecule has 0 saturated heterocycles. The van der Waals surface area contributed by atoms with Gasteiger partial charge in [-0.3, -0.25) is 0 Å². The molecule has 0 radical (unpaired) electrons. The Labute approximate surface area is 101 Å². The number of methoxy groups -OCH3 is 1. The number of carbonyl (C=O) groups is 1. The second-order valence-electron chi connectivity index (χ2n) is 3.43. The maximum absolute atomic E-state index is 11.1. The molecular weight excluding hydrogens is 274 g/mol. The Morgan fingerprint density at radius 3 is 2.75 bits per heavy atom. The van der Waals surface area contributed by atoms with Crippen LogP contribution in [0.25, 0.3) is 10.9 Å². The minimum absolute atomic E-state index is 0.246. The quantitative estimate of drug-likeness (QED) is 0.922. The van der Waals surface area contributed by atoms with E-state index in [4.69, 9.17) is 9.84 Å². The van der Waals surface area contributed by atoms with Gasteiger partial charge in [0.1, 0.15) is 5.75 Å². The summed E-state index contributed by atoms with van der Waals surface area (Å²) in [5.41, 5.74) is 1.06. The largest absolute Gasteiger partial charge is 0.496 e. The number of halogens is 1. The van der Waals surface area contributed by atoms with Crippen LogP contribution in [0.1, 0.15) is 10.4 Å². The summed E-state index contributed by atoms with van der Waals surface area (Å²) in [5.74, 6) is -0.391. The number of nitrogens with zero attached hydrogens (tertiary/aromatic N) is 1. The molecule has 0 aliphatic heterocycles. The lowest BCUT2D eigenvalue weighted by molar-refractivity contribution is 0.0698. The van der Waals surface area contributed by atoms with Crippen molar-refractivity contribution in [3.8, 4) is 5.75 Å². The van der Waals surface area contributed by atoms with Gasteiger partial charge < -0.3 is 14.4 Å². The van der Waals surface area contributed by atoms with Crippen molar-refractivity contribution in [3.63, 3.8) is 0 Å². The lowest BCUT2D eigenvalue weighted by atomic mass is 10.1. The molecule has 0 atom stereocenters. The molecule has 1 aromatic heterocycles. The highest BCUT2D eigenvalue weighted by atomic mass is 79.9. The zero-order valence-corrected chi connectivity index (χ0v) is 10.4. The number of hydrogen-bond acceptors (Lipinski definition) is 2. The Hall–Kier alpha value is -1.49. The third kappa shape index (κ3) is 1.48. The lowest BCUT2D eigenvalue weighted by Gasteiger charge is -2.05. The molecule has 2 rings (SSSR count). The Balaban J connectivity index is 2.95. The summed E-state index contributed by atoms with van der Waals surface area (Å²) < 4.78 is 7.80. The summed E-state index contributed by atoms with van der Waals surface area (Å²) in [4.78, 5) is 11.1. The highest BCUT2D eigenvalue weighted by molar-refractivity contribution is 9.10. The van der Waals surface area contributed by atoms with E-state index in [1.54, 1.807) is 23.9 Å². The average Bonchev–Trinajstić information content (AvgIpc) is 2.58. The van der Waals surface area contributed by atoms with Crippen LogP contribution in [0.15, 0.2) is 22.8 Å². The first-order valence-electron chi connectivity index (χ1n) is 4.61. The first kappa shape index (κ1) is 11.0. The molecule has 0 saturated carbocycles. The molecule has 0 aliphatic rings. The molecule has 0 spiro atoms. The van der Waals surface area contributed by atoms with Crippen LogP contribution in [-0.4, -0.2) is 22.8 Å². The molecule has 0 unspecified atom stereocenters. The van der Waals surface area contributed by atoms with E-state index in [0.29, 0.717) is 11.1 Å². The molecule has 1 heterocycles. The maximum Gasteiger partial charge on any atom is 0.338 e. The standard InChI is InChI=1S/C11H10BrNO3/c1-13-5-6(11(14)15)9-8(16-2)4-3-7(12)10(9)13/h3-5H,1-2H3,(H,14,15). The third-order valence-corrected chi connectivity index (χ3v) is 3.13. The van der Waals surface area contributed by atoms with Gasteiger partial charge in [-0.15, -0.1) is 0 Å². The molecule has 0 bridgehead atoms. The van der Waals surface area contributed by atoms with Gasteiger partial charge in [-0.1, -0.05) is 0 Å². The number of aromatic nitrogens is 1. The van der Waals surface area contributed by atoms with E-state index in [9.17, 15) is 4.79 Å². The average molecular weight is 284 g/mol. The van der Waals surface area contributed by atoms with Crippen molar-refractivity contribution in [1.82, 2.24) is 4.57 Å². The molecule has 0 fully saturated rings. The predicted octanol–water partition coefficient (Wildman–Crippen LogP) is 2.65. The summed E-state index contributed by atoms with van der Waals surface area (Å²) in [7, 11) is 3.33. The number of aromatic carboxylic acids is 1. The second-order valence-corrected chi connectivity index (χ2v) is 4.29. The van der Waals surface area contributed by atoms with Gasteiger partial charge >= 0.3 is 5.97 Å². The van der Waals surface area contributed by atoms with Crippen LogP contribution in [0.4, 0.5) is 0 Å². The Bertz CT molecular complexity index is 574. The molecule has 4 nitrogen and oxygen atoms in total. The van der Waals surface area contributed by atoms with Gasteiger partial charge in [0.05, 0.1) is 23.6 Å². The molecule has 16 heavy (non-hydrogen) atoms. The number of ether oxygens (including phenoxy) is 1. The van der Waals surface area contributed by atoms with E-state index in [-0.39, 0.29) is 5.56 Å². The van der Waals surface area contributed by atoms with Gasteiger partial charge in [0.25, 0.3) is 0 Å². The smallest absolute Gasteiger partial charge is 0.338 e. The number of rotatable bonds is 2. The number of hydrogen-bond donors (Lipinski definition) is 1. The minimum Gasteiger partial charge on any atom is -0.496 e. The predicted molar refractivity (Wildman–Crippen MR) is 64.1 cm³/mol. The van der Waals surface area contributed by atoms with Crippen LogP contribution >= 0.6 is 15.9 Å². The van der Waals surface area contributed by atoms with Gasteiger partial charge in [0.15, 0.2) is 0 Å². The molecule has 1 N–H and O–H groups in total. The Morgan fingerprint density at radius 2 is 2.19 bits per heavy atom. The highest BCUT2D eigenvalue weighted by Crippen LogP contribution is 2.35. The van der Waals surface area contributed by atoms with Crippen molar-refractivity contribution >= 4 is 32.8 Å². The number of carboxylic acids is 1. The monoisotopic (exact) mass is 283 g/mol. The Kier molecular flexibility index (Phi) is 2.63. The van der Waals surface area contributed by atoms with Crippen molar-refractivity contribution < 1.29 is 14.6 Å². The topological polar surface area (TPSA) is 51.5 Å². The van der Waals surface area contributed by atoms with Crippen LogP contribution in [0.3, 0.4) is 0 Å². The summed E-state index contributed by atoms with van der Waals surface area (Å²) >= 11 is 3.40. The fourth-order valence-corrected chi connectivity index (χ4v) is 2.42. The van der Waals surface area contributed by atoms with Gasteiger partial charge in [-0.2, -0.15) is 0 Å². The fraction of sp³-hybridized carbons (Fsp3) is 0.182. The number of benzene rings is 1. The van der Waals surface area contributed by atoms with Gasteiger partial charge in [0.2, 0.25) is 0 Å². The van der Waals surface area contributed by atoms with E-state index >= 15 is 0 Å². The van der Waals surface area contributed by atoms with Crippen molar-refractivity contribution in [1.29, 1.82) is 0 Å². The number of aryl methyl sites for hydroxylation is 1. The van der Waals surface area contributed by atoms with Crippen molar-refractivity contribution in [2.45, 2.75) is 0 Å². The van der Waals surface area contributed by atoms with Crippen molar-refractivity contribution in [2.24, 2.45) is 7.05 Å². The van der Waals surface area contributed by atoms with Crippen molar-refractivity contribution in [2.75, 3.05) is 7.11 Å². The van der Waals surface area contributed by atoms with Crippen LogP contribution < -0.4 is 4.74 Å². The molecule has 84 valence electrons. The van der Waals surface area contributed by atoms with E-state index in [1.165, 1.54) is 7.11 Å². The number of fused-ring (bicyclic) bond motifs is 1. The van der Waals surface area contributed by atoms with Gasteiger partial charge in [0, 0.05) is 17.7 Å². The van der Waals surface area contributed by atoms with E-state index in [2.05, 4.69) is 15.9 Å². The first-order chi connectivity index (χ1) is 7.56. The fourth-order valence-electron chi connectivity index (χ4n) is 1.81. The van der Waals surface area contributed by atoms with Crippen molar-refractivity contribution in [3.05, 3.63) is 28.4 Å². The number of carboxylic acid groups (broad SMARTS) is 1.